The van der Waals surface area contributed by atoms with Crippen LogP contribution in [-0.4, -0.2) is 27.7 Å². The third-order valence-corrected chi connectivity index (χ3v) is 3.74. The van der Waals surface area contributed by atoms with Crippen LogP contribution in [-0.2, 0) is 9.59 Å². The summed E-state index contributed by atoms with van der Waals surface area (Å²) >= 11 is 0. The highest BCUT2D eigenvalue weighted by atomic mass is 16.5. The van der Waals surface area contributed by atoms with E-state index in [9.17, 15) is 9.59 Å². The summed E-state index contributed by atoms with van der Waals surface area (Å²) in [6, 6.07) is 5.74. The average molecular weight is 328 g/mol. The van der Waals surface area contributed by atoms with Crippen LogP contribution in [0, 0.1) is 6.92 Å². The van der Waals surface area contributed by atoms with Gasteiger partial charge in [0.25, 0.3) is 5.91 Å². The van der Waals surface area contributed by atoms with Crippen molar-refractivity contribution in [3.8, 4) is 5.75 Å². The normalized spacial score (nSPS) is 16.3. The summed E-state index contributed by atoms with van der Waals surface area (Å²) in [7, 11) is 0. The number of hydrogen-bond acceptors (Lipinski definition) is 4. The van der Waals surface area contributed by atoms with Gasteiger partial charge >= 0.3 is 0 Å². The molecule has 7 nitrogen and oxygen atoms in total. The third-order valence-electron chi connectivity index (χ3n) is 3.74. The van der Waals surface area contributed by atoms with Gasteiger partial charge in [0, 0.05) is 12.2 Å². The van der Waals surface area contributed by atoms with E-state index in [2.05, 4.69) is 15.7 Å². The zero-order chi connectivity index (χ0) is 17.3. The van der Waals surface area contributed by atoms with Gasteiger partial charge in [0.15, 0.2) is 6.10 Å². The summed E-state index contributed by atoms with van der Waals surface area (Å²) in [6.07, 6.45) is 2.42. The van der Waals surface area contributed by atoms with E-state index >= 15 is 0 Å². The van der Waals surface area contributed by atoms with E-state index in [-0.39, 0.29) is 24.3 Å². The number of anilines is 2. The number of nitrogens with one attached hydrogen (secondary N) is 2. The zero-order valence-electron chi connectivity index (χ0n) is 13.9. The first-order valence-electron chi connectivity index (χ1n) is 7.84. The number of rotatable bonds is 4. The van der Waals surface area contributed by atoms with Crippen molar-refractivity contribution in [1.82, 2.24) is 9.78 Å². The molecule has 0 aliphatic carbocycles. The molecule has 3 rings (SSSR count). The summed E-state index contributed by atoms with van der Waals surface area (Å²) in [5.74, 6) is -0.0410. The lowest BCUT2D eigenvalue weighted by molar-refractivity contribution is -0.128. The van der Waals surface area contributed by atoms with Crippen molar-refractivity contribution < 1.29 is 14.3 Å². The maximum Gasteiger partial charge on any atom is 0.266 e. The van der Waals surface area contributed by atoms with Gasteiger partial charge in [0.2, 0.25) is 5.91 Å². The molecule has 1 atom stereocenters. The molecule has 1 aliphatic heterocycles. The molecule has 7 heteroatoms. The largest absolute Gasteiger partial charge is 0.478 e. The van der Waals surface area contributed by atoms with Crippen molar-refractivity contribution in [3.63, 3.8) is 0 Å². The summed E-state index contributed by atoms with van der Waals surface area (Å²) in [4.78, 5) is 24.3. The molecule has 1 aromatic heterocycles. The molecule has 0 bridgehead atoms. The van der Waals surface area contributed by atoms with Crippen molar-refractivity contribution in [2.75, 3.05) is 10.6 Å². The minimum Gasteiger partial charge on any atom is -0.478 e. The average Bonchev–Trinajstić information content (AvgIpc) is 2.97. The molecular weight excluding hydrogens is 308 g/mol. The highest BCUT2D eigenvalue weighted by Gasteiger charge is 2.29. The molecule has 24 heavy (non-hydrogen) atoms. The smallest absolute Gasteiger partial charge is 0.266 e. The molecule has 2 amide bonds. The molecule has 2 N–H and O–H groups in total. The van der Waals surface area contributed by atoms with Crippen LogP contribution in [0.5, 0.6) is 5.75 Å². The van der Waals surface area contributed by atoms with Gasteiger partial charge in [0.1, 0.15) is 5.75 Å². The summed E-state index contributed by atoms with van der Waals surface area (Å²) in [5, 5.41) is 9.67. The Labute approximate surface area is 140 Å². The number of benzene rings is 1. The SMILES string of the molecule is Cc1ccc2c(c1)NC(=O)C(CC(=O)Nc1cnn(C(C)C)c1)O2. The molecule has 0 saturated heterocycles. The van der Waals surface area contributed by atoms with Crippen LogP contribution in [0.3, 0.4) is 0 Å². The first-order valence-corrected chi connectivity index (χ1v) is 7.84. The first kappa shape index (κ1) is 16.0. The second-order valence-electron chi connectivity index (χ2n) is 6.15. The quantitative estimate of drug-likeness (QED) is 0.903. The molecule has 1 aromatic carbocycles. The lowest BCUT2D eigenvalue weighted by atomic mass is 10.1. The Hall–Kier alpha value is -2.83. The number of carbonyl (C=O) groups excluding carboxylic acids is 2. The van der Waals surface area contributed by atoms with Gasteiger partial charge in [-0.1, -0.05) is 6.07 Å². The maximum absolute atomic E-state index is 12.2. The molecule has 0 saturated carbocycles. The van der Waals surface area contributed by atoms with Gasteiger partial charge in [-0.15, -0.1) is 0 Å². The fourth-order valence-electron chi connectivity index (χ4n) is 2.46. The molecule has 2 aromatic rings. The second-order valence-corrected chi connectivity index (χ2v) is 6.15. The summed E-state index contributed by atoms with van der Waals surface area (Å²) in [5.41, 5.74) is 2.26. The van der Waals surface area contributed by atoms with E-state index in [0.29, 0.717) is 17.1 Å². The van der Waals surface area contributed by atoms with Gasteiger partial charge < -0.3 is 15.4 Å². The van der Waals surface area contributed by atoms with E-state index in [1.165, 1.54) is 0 Å². The van der Waals surface area contributed by atoms with Crippen molar-refractivity contribution in [3.05, 3.63) is 36.2 Å². The number of hydrogen-bond donors (Lipinski definition) is 2. The van der Waals surface area contributed by atoms with Crippen molar-refractivity contribution in [2.45, 2.75) is 39.3 Å². The molecule has 2 heterocycles. The highest BCUT2D eigenvalue weighted by molar-refractivity contribution is 6.01. The minimum absolute atomic E-state index is 0.0635. The van der Waals surface area contributed by atoms with Gasteiger partial charge in [-0.25, -0.2) is 0 Å². The highest BCUT2D eigenvalue weighted by Crippen LogP contribution is 2.31. The van der Waals surface area contributed by atoms with Crippen LogP contribution >= 0.6 is 0 Å². The predicted octanol–water partition coefficient (Wildman–Crippen LogP) is 2.50. The van der Waals surface area contributed by atoms with Crippen molar-refractivity contribution >= 4 is 23.2 Å². The molecule has 126 valence electrons. The fourth-order valence-corrected chi connectivity index (χ4v) is 2.46. The van der Waals surface area contributed by atoms with E-state index in [4.69, 9.17) is 4.74 Å². The lowest BCUT2D eigenvalue weighted by Crippen LogP contribution is -2.39. The van der Waals surface area contributed by atoms with E-state index in [1.54, 1.807) is 23.1 Å². The number of carbonyl (C=O) groups is 2. The van der Waals surface area contributed by atoms with Crippen molar-refractivity contribution in [2.24, 2.45) is 0 Å². The second kappa shape index (κ2) is 6.35. The predicted molar refractivity (Wildman–Crippen MR) is 90.1 cm³/mol. The van der Waals surface area contributed by atoms with Crippen molar-refractivity contribution in [1.29, 1.82) is 0 Å². The van der Waals surface area contributed by atoms with E-state index in [1.807, 2.05) is 32.9 Å². The van der Waals surface area contributed by atoms with Crippen LogP contribution in [0.2, 0.25) is 0 Å². The topological polar surface area (TPSA) is 85.3 Å². The monoisotopic (exact) mass is 328 g/mol. The Balaban J connectivity index is 1.64. The van der Waals surface area contributed by atoms with E-state index in [0.717, 1.165) is 5.56 Å². The third kappa shape index (κ3) is 3.40. The Morgan fingerprint density at radius 3 is 2.96 bits per heavy atom. The zero-order valence-corrected chi connectivity index (χ0v) is 13.9. The number of nitrogens with zero attached hydrogens (tertiary/aromatic N) is 2. The molecule has 0 radical (unpaired) electrons. The fraction of sp³-hybridized carbons (Fsp3) is 0.353. The standard InChI is InChI=1S/C17H20N4O3/c1-10(2)21-9-12(8-18-21)19-16(22)7-15-17(23)20-13-6-11(3)4-5-14(13)24-15/h4-6,8-10,15H,7H2,1-3H3,(H,19,22)(H,20,23). The number of ether oxygens (including phenoxy) is 1. The lowest BCUT2D eigenvalue weighted by Gasteiger charge is -2.25. The number of fused-ring (bicyclic) bond motifs is 1. The number of aryl methyl sites for hydroxylation is 1. The number of aromatic nitrogens is 2. The summed E-state index contributed by atoms with van der Waals surface area (Å²) in [6.45, 7) is 5.93. The minimum atomic E-state index is -0.847. The van der Waals surface area contributed by atoms with Crippen LogP contribution in [0.1, 0.15) is 31.9 Å². The Morgan fingerprint density at radius 2 is 2.25 bits per heavy atom. The molecule has 0 spiro atoms. The Morgan fingerprint density at radius 1 is 1.46 bits per heavy atom. The van der Waals surface area contributed by atoms with Crippen LogP contribution < -0.4 is 15.4 Å². The van der Waals surface area contributed by atoms with Crippen LogP contribution in [0.4, 0.5) is 11.4 Å². The number of amides is 2. The maximum atomic E-state index is 12.2. The molecular formula is C17H20N4O3. The van der Waals surface area contributed by atoms with E-state index < -0.39 is 6.10 Å². The Kier molecular flexibility index (Phi) is 4.24. The van der Waals surface area contributed by atoms with Crippen LogP contribution in [0.15, 0.2) is 30.6 Å². The Bertz CT molecular complexity index is 782. The van der Waals surface area contributed by atoms with Gasteiger partial charge in [-0.05, 0) is 38.5 Å². The molecule has 0 fully saturated rings. The van der Waals surface area contributed by atoms with Crippen LogP contribution in [0.25, 0.3) is 0 Å². The molecule has 1 aliphatic rings. The van der Waals surface area contributed by atoms with Gasteiger partial charge in [0.05, 0.1) is 24.0 Å². The molecule has 1 unspecified atom stereocenters. The van der Waals surface area contributed by atoms with Gasteiger partial charge in [-0.2, -0.15) is 5.10 Å². The van der Waals surface area contributed by atoms with Gasteiger partial charge in [-0.3, -0.25) is 14.3 Å². The summed E-state index contributed by atoms with van der Waals surface area (Å²) < 4.78 is 7.41. The first-order chi connectivity index (χ1) is 11.4.